The van der Waals surface area contributed by atoms with Crippen LogP contribution in [0, 0.1) is 19.7 Å². The number of hydrogen-bond donors (Lipinski definition) is 1. The van der Waals surface area contributed by atoms with Gasteiger partial charge in [0.1, 0.15) is 11.6 Å². The Kier molecular flexibility index (Phi) is 4.98. The van der Waals surface area contributed by atoms with Gasteiger partial charge < -0.3 is 4.57 Å². The van der Waals surface area contributed by atoms with Crippen molar-refractivity contribution in [1.82, 2.24) is 9.55 Å². The van der Waals surface area contributed by atoms with Crippen LogP contribution in [0.25, 0.3) is 5.69 Å². The van der Waals surface area contributed by atoms with Crippen molar-refractivity contribution in [3.8, 4) is 5.69 Å². The number of benzene rings is 1. The predicted octanol–water partition coefficient (Wildman–Crippen LogP) is 5.09. The largest absolute Gasteiger partial charge is 0.417 e. The van der Waals surface area contributed by atoms with E-state index in [1.807, 2.05) is 24.5 Å². The van der Waals surface area contributed by atoms with E-state index in [4.69, 9.17) is 0 Å². The molecule has 4 nitrogen and oxygen atoms in total. The van der Waals surface area contributed by atoms with Gasteiger partial charge in [0.15, 0.2) is 0 Å². The van der Waals surface area contributed by atoms with E-state index in [9.17, 15) is 17.6 Å². The highest BCUT2D eigenvalue weighted by Crippen LogP contribution is 2.28. The van der Waals surface area contributed by atoms with Crippen molar-refractivity contribution in [2.24, 2.45) is 5.10 Å². The smallest absolute Gasteiger partial charge is 0.318 e. The SMILES string of the molecule is Cc1cc(/C=N\Nc2ccc(C(F)(F)F)cn2)c(C)n1-c1cccc(F)c1. The highest BCUT2D eigenvalue weighted by Gasteiger charge is 2.30. The Balaban J connectivity index is 1.77. The molecule has 0 aliphatic carbocycles. The number of nitrogens with zero attached hydrogens (tertiary/aromatic N) is 3. The molecule has 0 spiro atoms. The highest BCUT2D eigenvalue weighted by molar-refractivity contribution is 5.82. The molecular formula is C19H16F4N4. The minimum atomic E-state index is -4.43. The van der Waals surface area contributed by atoms with Crippen LogP contribution in [0.3, 0.4) is 0 Å². The normalized spacial score (nSPS) is 11.9. The maximum atomic E-state index is 13.5. The van der Waals surface area contributed by atoms with Crippen LogP contribution >= 0.6 is 0 Å². The lowest BCUT2D eigenvalue weighted by atomic mass is 10.2. The monoisotopic (exact) mass is 376 g/mol. The number of alkyl halides is 3. The molecule has 2 heterocycles. The molecule has 0 aliphatic heterocycles. The van der Waals surface area contributed by atoms with Gasteiger partial charge in [-0.1, -0.05) is 6.07 Å². The molecule has 0 amide bonds. The fraction of sp³-hybridized carbons (Fsp3) is 0.158. The Morgan fingerprint density at radius 1 is 1.11 bits per heavy atom. The Hall–Kier alpha value is -3.16. The molecule has 8 heteroatoms. The van der Waals surface area contributed by atoms with Gasteiger partial charge in [-0.15, -0.1) is 0 Å². The standard InChI is InChI=1S/C19H16F4N4/c1-12-8-14(13(2)27(12)17-5-3-4-16(20)9-17)10-25-26-18-7-6-15(11-24-18)19(21,22)23/h3-11H,1-2H3,(H,24,26)/b25-10-. The summed E-state index contributed by atoms with van der Waals surface area (Å²) >= 11 is 0. The zero-order valence-corrected chi connectivity index (χ0v) is 14.5. The van der Waals surface area contributed by atoms with Gasteiger partial charge in [-0.25, -0.2) is 9.37 Å². The van der Waals surface area contributed by atoms with Gasteiger partial charge in [0.25, 0.3) is 0 Å². The van der Waals surface area contributed by atoms with Crippen LogP contribution in [0.2, 0.25) is 0 Å². The Labute approximate surface area is 153 Å². The van der Waals surface area contributed by atoms with E-state index >= 15 is 0 Å². The second-order valence-corrected chi connectivity index (χ2v) is 5.94. The number of aromatic nitrogens is 2. The Bertz CT molecular complexity index is 972. The molecule has 2 aromatic heterocycles. The molecule has 0 aliphatic rings. The summed E-state index contributed by atoms with van der Waals surface area (Å²) in [6, 6.07) is 10.3. The zero-order chi connectivity index (χ0) is 19.6. The molecule has 0 fully saturated rings. The first-order chi connectivity index (χ1) is 12.8. The molecule has 0 bridgehead atoms. The van der Waals surface area contributed by atoms with Crippen LogP contribution in [0.1, 0.15) is 22.5 Å². The highest BCUT2D eigenvalue weighted by atomic mass is 19.4. The van der Waals surface area contributed by atoms with Gasteiger partial charge in [-0.2, -0.15) is 18.3 Å². The van der Waals surface area contributed by atoms with Crippen LogP contribution in [0.15, 0.2) is 53.8 Å². The molecule has 0 saturated carbocycles. The maximum Gasteiger partial charge on any atom is 0.417 e. The number of rotatable bonds is 4. The topological polar surface area (TPSA) is 42.2 Å². The fourth-order valence-corrected chi connectivity index (χ4v) is 2.73. The van der Waals surface area contributed by atoms with E-state index < -0.39 is 11.7 Å². The molecule has 140 valence electrons. The number of aryl methyl sites for hydroxylation is 1. The van der Waals surface area contributed by atoms with Crippen molar-refractivity contribution in [3.05, 3.63) is 77.0 Å². The number of hydrazone groups is 1. The summed E-state index contributed by atoms with van der Waals surface area (Å²) in [7, 11) is 0. The average Bonchev–Trinajstić information content (AvgIpc) is 2.88. The minimum Gasteiger partial charge on any atom is -0.318 e. The average molecular weight is 376 g/mol. The molecule has 0 unspecified atom stereocenters. The van der Waals surface area contributed by atoms with Crippen molar-refractivity contribution in [2.45, 2.75) is 20.0 Å². The van der Waals surface area contributed by atoms with E-state index in [0.717, 1.165) is 29.2 Å². The van der Waals surface area contributed by atoms with Gasteiger partial charge in [0.2, 0.25) is 0 Å². The zero-order valence-electron chi connectivity index (χ0n) is 14.5. The predicted molar refractivity (Wildman–Crippen MR) is 95.7 cm³/mol. The first-order valence-corrected chi connectivity index (χ1v) is 8.03. The van der Waals surface area contributed by atoms with Crippen LogP contribution in [-0.4, -0.2) is 15.8 Å². The van der Waals surface area contributed by atoms with Crippen LogP contribution < -0.4 is 5.43 Å². The number of pyridine rings is 1. The second-order valence-electron chi connectivity index (χ2n) is 5.94. The van der Waals surface area contributed by atoms with Gasteiger partial charge in [-0.05, 0) is 50.2 Å². The lowest BCUT2D eigenvalue weighted by molar-refractivity contribution is -0.137. The Morgan fingerprint density at radius 2 is 1.89 bits per heavy atom. The third kappa shape index (κ3) is 4.16. The minimum absolute atomic E-state index is 0.193. The van der Waals surface area contributed by atoms with Gasteiger partial charge >= 0.3 is 6.18 Å². The van der Waals surface area contributed by atoms with Crippen molar-refractivity contribution in [3.63, 3.8) is 0 Å². The van der Waals surface area contributed by atoms with Crippen molar-refractivity contribution >= 4 is 12.0 Å². The van der Waals surface area contributed by atoms with Crippen LogP contribution in [-0.2, 0) is 6.18 Å². The molecule has 0 saturated heterocycles. The molecule has 3 rings (SSSR count). The summed E-state index contributed by atoms with van der Waals surface area (Å²) in [5, 5.41) is 4.02. The lowest BCUT2D eigenvalue weighted by Gasteiger charge is -2.09. The number of hydrogen-bond acceptors (Lipinski definition) is 3. The first-order valence-electron chi connectivity index (χ1n) is 8.03. The number of halogens is 4. The fourth-order valence-electron chi connectivity index (χ4n) is 2.73. The third-order valence-corrected chi connectivity index (χ3v) is 4.01. The number of nitrogens with one attached hydrogen (secondary N) is 1. The van der Waals surface area contributed by atoms with Crippen LogP contribution in [0.4, 0.5) is 23.4 Å². The molecule has 0 radical (unpaired) electrons. The molecule has 1 N–H and O–H groups in total. The van der Waals surface area contributed by atoms with E-state index in [1.54, 1.807) is 12.1 Å². The first kappa shape index (κ1) is 18.6. The van der Waals surface area contributed by atoms with Crippen LogP contribution in [0.5, 0.6) is 0 Å². The summed E-state index contributed by atoms with van der Waals surface area (Å²) in [5.74, 6) is -0.136. The summed E-state index contributed by atoms with van der Waals surface area (Å²) < 4.78 is 53.0. The second kappa shape index (κ2) is 7.22. The van der Waals surface area contributed by atoms with Gasteiger partial charge in [-0.3, -0.25) is 5.43 Å². The lowest BCUT2D eigenvalue weighted by Crippen LogP contribution is -2.05. The molecular weight excluding hydrogens is 360 g/mol. The van der Waals surface area contributed by atoms with Gasteiger partial charge in [0, 0.05) is 28.8 Å². The summed E-state index contributed by atoms with van der Waals surface area (Å²) in [6.07, 6.45) is -2.14. The molecule has 1 aromatic carbocycles. The van der Waals surface area contributed by atoms with Gasteiger partial charge in [0.05, 0.1) is 11.8 Å². The van der Waals surface area contributed by atoms with Crippen molar-refractivity contribution < 1.29 is 17.6 Å². The quantitative estimate of drug-likeness (QED) is 0.391. The molecule has 27 heavy (non-hydrogen) atoms. The molecule has 0 atom stereocenters. The number of anilines is 1. The van der Waals surface area contributed by atoms with E-state index in [1.165, 1.54) is 24.4 Å². The maximum absolute atomic E-state index is 13.5. The van der Waals surface area contributed by atoms with E-state index in [-0.39, 0.29) is 11.6 Å². The van der Waals surface area contributed by atoms with Crippen molar-refractivity contribution in [1.29, 1.82) is 0 Å². The molecule has 3 aromatic rings. The Morgan fingerprint density at radius 3 is 2.52 bits per heavy atom. The van der Waals surface area contributed by atoms with E-state index in [0.29, 0.717) is 5.69 Å². The summed E-state index contributed by atoms with van der Waals surface area (Å²) in [4.78, 5) is 3.69. The third-order valence-electron chi connectivity index (χ3n) is 4.01. The van der Waals surface area contributed by atoms with E-state index in [2.05, 4.69) is 15.5 Å². The summed E-state index contributed by atoms with van der Waals surface area (Å²) in [6.45, 7) is 3.76. The van der Waals surface area contributed by atoms with Crippen molar-refractivity contribution in [2.75, 3.05) is 5.43 Å². The summed E-state index contributed by atoms with van der Waals surface area (Å²) in [5.41, 5.74) is 5.01.